The summed E-state index contributed by atoms with van der Waals surface area (Å²) in [6.45, 7) is 20.0. The number of rotatable bonds is 18. The normalized spacial score (nSPS) is 40.2. The summed E-state index contributed by atoms with van der Waals surface area (Å²) in [6, 6.07) is 7.22. The van der Waals surface area contributed by atoms with Crippen molar-refractivity contribution in [3.8, 4) is 0 Å². The van der Waals surface area contributed by atoms with E-state index in [-0.39, 0.29) is 43.2 Å². The van der Waals surface area contributed by atoms with E-state index in [1.54, 1.807) is 47.0 Å². The SMILES string of the molecule is CC[C@H]1OC(=O)[C@H](C)[C@@H](O[C@H]2C[C@@](C)(OC)[C@@H](O)[C@H](C)O2)[C@H](C)[C@@H](O[C@@H]2O[C@H](C)C[C@H](N(C)Cc3ccc(C4CN(CCCCCCCC(=O)NO)N=N4)cc3)[C@H]2O)[C@](C)(O)C[C@@H](C)CN(C)[C@H](C)[C@@H](O)[C@]1(C)O. The molecule has 74 heavy (non-hydrogen) atoms. The van der Waals surface area contributed by atoms with Crippen LogP contribution in [-0.2, 0) is 44.6 Å². The first kappa shape index (κ1) is 61.9. The van der Waals surface area contributed by atoms with Crippen LogP contribution in [0.25, 0.3) is 0 Å². The number of aliphatic hydroxyl groups excluding tert-OH is 3. The molecule has 5 rings (SSSR count). The Morgan fingerprint density at radius 3 is 2.23 bits per heavy atom. The molecule has 0 saturated carbocycles. The Kier molecular flexibility index (Phi) is 22.6. The number of benzene rings is 1. The molecular formula is C54H94N6O14. The molecule has 0 aromatic heterocycles. The second kappa shape index (κ2) is 27.1. The number of methoxy groups -OCH3 is 1. The fraction of sp³-hybridized carbons (Fsp3) is 0.852. The fourth-order valence-corrected chi connectivity index (χ4v) is 11.8. The number of esters is 1. The molecule has 1 aromatic carbocycles. The summed E-state index contributed by atoms with van der Waals surface area (Å²) >= 11 is 0. The van der Waals surface area contributed by atoms with Crippen molar-refractivity contribution in [2.45, 2.75) is 236 Å². The Hall–Kier alpha value is -2.96. The number of hydrogen-bond donors (Lipinski definition) is 7. The van der Waals surface area contributed by atoms with Crippen LogP contribution in [0.5, 0.6) is 0 Å². The molecule has 4 aliphatic heterocycles. The van der Waals surface area contributed by atoms with E-state index in [2.05, 4.69) is 39.5 Å². The second-order valence-corrected chi connectivity index (χ2v) is 23.0. The molecule has 20 heteroatoms. The zero-order valence-electron chi connectivity index (χ0n) is 46.6. The Morgan fingerprint density at radius 1 is 0.919 bits per heavy atom. The maximum atomic E-state index is 14.5. The van der Waals surface area contributed by atoms with Crippen molar-refractivity contribution < 1.29 is 68.8 Å². The number of ether oxygens (including phenoxy) is 6. The summed E-state index contributed by atoms with van der Waals surface area (Å²) in [4.78, 5) is 29.7. The second-order valence-electron chi connectivity index (χ2n) is 23.0. The largest absolute Gasteiger partial charge is 0.459 e. The third kappa shape index (κ3) is 15.6. The van der Waals surface area contributed by atoms with Gasteiger partial charge in [0.2, 0.25) is 5.91 Å². The van der Waals surface area contributed by atoms with Gasteiger partial charge in [0.1, 0.15) is 36.1 Å². The van der Waals surface area contributed by atoms with Gasteiger partial charge in [0.05, 0.1) is 48.1 Å². The van der Waals surface area contributed by atoms with Crippen LogP contribution in [0.1, 0.15) is 151 Å². The lowest BCUT2D eigenvalue weighted by Crippen LogP contribution is -2.60. The highest BCUT2D eigenvalue weighted by Crippen LogP contribution is 2.40. The number of carbonyl (C=O) groups is 2. The molecule has 7 N–H and O–H groups in total. The molecule has 3 saturated heterocycles. The monoisotopic (exact) mass is 1050 g/mol. The first-order valence-corrected chi connectivity index (χ1v) is 27.2. The number of hydrogen-bond acceptors (Lipinski definition) is 19. The minimum atomic E-state index is -1.84. The van der Waals surface area contributed by atoms with Gasteiger partial charge in [0.25, 0.3) is 0 Å². The van der Waals surface area contributed by atoms with E-state index in [4.69, 9.17) is 33.6 Å². The summed E-state index contributed by atoms with van der Waals surface area (Å²) in [5, 5.41) is 79.5. The molecule has 0 radical (unpaired) electrons. The van der Waals surface area contributed by atoms with Crippen LogP contribution >= 0.6 is 0 Å². The number of hydroxylamine groups is 1. The number of cyclic esters (lactones) is 1. The molecule has 20 nitrogen and oxygen atoms in total. The summed E-state index contributed by atoms with van der Waals surface area (Å²) in [5.74, 6) is -3.13. The van der Waals surface area contributed by atoms with Gasteiger partial charge in [-0.25, -0.2) is 5.48 Å². The predicted octanol–water partition coefficient (Wildman–Crippen LogP) is 5.04. The van der Waals surface area contributed by atoms with Crippen molar-refractivity contribution in [2.75, 3.05) is 40.8 Å². The third-order valence-electron chi connectivity index (χ3n) is 16.6. The average molecular weight is 1050 g/mol. The van der Waals surface area contributed by atoms with Gasteiger partial charge < -0.3 is 58.9 Å². The van der Waals surface area contributed by atoms with Gasteiger partial charge in [-0.05, 0) is 112 Å². The molecule has 1 unspecified atom stereocenters. The lowest BCUT2D eigenvalue weighted by molar-refractivity contribution is -0.318. The maximum Gasteiger partial charge on any atom is 0.311 e. The predicted molar refractivity (Wildman–Crippen MR) is 275 cm³/mol. The summed E-state index contributed by atoms with van der Waals surface area (Å²) in [7, 11) is 5.30. The van der Waals surface area contributed by atoms with Crippen LogP contribution in [0.3, 0.4) is 0 Å². The number of unbranched alkanes of at least 4 members (excludes halogenated alkanes) is 4. The maximum absolute atomic E-state index is 14.5. The van der Waals surface area contributed by atoms with E-state index in [0.29, 0.717) is 32.5 Å². The van der Waals surface area contributed by atoms with Gasteiger partial charge in [-0.2, -0.15) is 5.11 Å². The molecule has 0 aliphatic carbocycles. The van der Waals surface area contributed by atoms with Crippen LogP contribution < -0.4 is 5.48 Å². The van der Waals surface area contributed by atoms with Crippen molar-refractivity contribution in [3.05, 3.63) is 35.4 Å². The van der Waals surface area contributed by atoms with Crippen molar-refractivity contribution in [2.24, 2.45) is 28.1 Å². The molecule has 424 valence electrons. The van der Waals surface area contributed by atoms with E-state index in [9.17, 15) is 35.1 Å². The summed E-state index contributed by atoms with van der Waals surface area (Å²) < 4.78 is 38.4. The number of nitrogens with one attached hydrogen (secondary N) is 1. The smallest absolute Gasteiger partial charge is 0.311 e. The standard InChI is InChI=1S/C54H94N6O14/c1-14-42-54(10,67)47(63)36(6)58(11)29-32(2)27-52(8,66)49(34(4)46(35(5)50(65)72-42)73-44-28-53(9,69-13)48(64)37(7)71-44)74-51-45(62)41(26-33(3)70-51)59(12)30-38-21-23-39(24-22-38)40-31-60(57-55-40)25-19-17-15-16-18-20-43(61)56-68/h21-24,32-37,40-42,44-49,51,62-64,66-68H,14-20,25-31H2,1-13H3,(H,56,61)/t32-,33-,34+,35-,36-,37+,40?,41+,42-,44+,45-,46+,47-,48+,49-,51+,52-,53-,54-/m1/s1. The van der Waals surface area contributed by atoms with E-state index in [1.807, 2.05) is 44.8 Å². The highest BCUT2D eigenvalue weighted by molar-refractivity contribution is 5.74. The summed E-state index contributed by atoms with van der Waals surface area (Å²) in [5.41, 5.74) is -0.765. The molecule has 0 bridgehead atoms. The van der Waals surface area contributed by atoms with Gasteiger partial charge in [-0.15, -0.1) is 0 Å². The number of carbonyl (C=O) groups excluding carboxylic acids is 2. The minimum Gasteiger partial charge on any atom is -0.459 e. The highest BCUT2D eigenvalue weighted by Gasteiger charge is 2.53. The lowest BCUT2D eigenvalue weighted by atomic mass is 9.77. The molecule has 4 heterocycles. The Labute approximate surface area is 440 Å². The van der Waals surface area contributed by atoms with Crippen LogP contribution in [-0.4, -0.2) is 189 Å². The van der Waals surface area contributed by atoms with Crippen molar-refractivity contribution in [1.29, 1.82) is 0 Å². The van der Waals surface area contributed by atoms with Crippen LogP contribution in [0.2, 0.25) is 0 Å². The first-order chi connectivity index (χ1) is 34.8. The van der Waals surface area contributed by atoms with Gasteiger partial charge in [0.15, 0.2) is 12.6 Å². The fourth-order valence-electron chi connectivity index (χ4n) is 11.8. The van der Waals surface area contributed by atoms with Crippen LogP contribution in [0.15, 0.2) is 34.6 Å². The minimum absolute atomic E-state index is 0.0792. The number of aliphatic hydroxyl groups is 5. The average Bonchev–Trinajstić information content (AvgIpc) is 3.83. The van der Waals surface area contributed by atoms with E-state index in [1.165, 1.54) is 14.0 Å². The van der Waals surface area contributed by atoms with Crippen LogP contribution in [0.4, 0.5) is 0 Å². The molecule has 0 spiro atoms. The highest BCUT2D eigenvalue weighted by atomic mass is 16.7. The Morgan fingerprint density at radius 2 is 1.58 bits per heavy atom. The third-order valence-corrected chi connectivity index (χ3v) is 16.6. The number of amides is 1. The molecule has 1 aromatic rings. The van der Waals surface area contributed by atoms with Crippen molar-refractivity contribution >= 4 is 11.9 Å². The van der Waals surface area contributed by atoms with E-state index >= 15 is 0 Å². The quantitative estimate of drug-likeness (QED) is 0.0440. The molecule has 1 amide bonds. The van der Waals surface area contributed by atoms with Crippen LogP contribution in [0, 0.1) is 17.8 Å². The molecule has 19 atom stereocenters. The van der Waals surface area contributed by atoms with Gasteiger partial charge >= 0.3 is 5.97 Å². The van der Waals surface area contributed by atoms with Crippen molar-refractivity contribution in [1.82, 2.24) is 20.3 Å². The van der Waals surface area contributed by atoms with Gasteiger partial charge in [-0.3, -0.25) is 24.7 Å². The lowest BCUT2D eigenvalue weighted by Gasteiger charge is -2.49. The van der Waals surface area contributed by atoms with Crippen molar-refractivity contribution in [3.63, 3.8) is 0 Å². The topological polar surface area (TPSA) is 257 Å². The Bertz CT molecular complexity index is 1930. The van der Waals surface area contributed by atoms with Gasteiger partial charge in [-0.1, -0.05) is 69.5 Å². The molecule has 4 aliphatic rings. The zero-order valence-corrected chi connectivity index (χ0v) is 46.6. The van der Waals surface area contributed by atoms with E-state index < -0.39 is 102 Å². The molecular weight excluding hydrogens is 957 g/mol. The first-order valence-electron chi connectivity index (χ1n) is 27.2. The van der Waals surface area contributed by atoms with E-state index in [0.717, 1.165) is 49.8 Å². The Balaban J connectivity index is 1.36. The van der Waals surface area contributed by atoms with Gasteiger partial charge in [0, 0.05) is 57.6 Å². The molecule has 3 fully saturated rings. The zero-order chi connectivity index (χ0) is 54.9. The summed E-state index contributed by atoms with van der Waals surface area (Å²) in [6.07, 6.45) is -4.03. The number of nitrogens with zero attached hydrogens (tertiary/aromatic N) is 5. The number of likely N-dealkylation sites (N-methyl/N-ethyl adjacent to an activating group) is 2.